The molecular formula is C34H31FN4O2S2. The van der Waals surface area contributed by atoms with Gasteiger partial charge in [-0.05, 0) is 65.9 Å². The Bertz CT molecular complexity index is 1870. The van der Waals surface area contributed by atoms with Crippen molar-refractivity contribution in [3.8, 4) is 11.3 Å². The number of nitrogens with zero attached hydrogens (tertiary/aromatic N) is 3. The first-order valence-corrected chi connectivity index (χ1v) is 16.4. The van der Waals surface area contributed by atoms with Crippen molar-refractivity contribution in [3.05, 3.63) is 131 Å². The van der Waals surface area contributed by atoms with Gasteiger partial charge in [-0.2, -0.15) is 5.10 Å². The van der Waals surface area contributed by atoms with Crippen molar-refractivity contribution in [2.75, 3.05) is 9.73 Å². The van der Waals surface area contributed by atoms with E-state index in [-0.39, 0.29) is 16.8 Å². The number of anilines is 2. The van der Waals surface area contributed by atoms with Gasteiger partial charge in [0.05, 0.1) is 22.3 Å². The van der Waals surface area contributed by atoms with Gasteiger partial charge in [0.2, 0.25) is 5.13 Å². The molecule has 0 saturated heterocycles. The summed E-state index contributed by atoms with van der Waals surface area (Å²) >= 11 is 1.50. The highest BCUT2D eigenvalue weighted by Gasteiger charge is 2.32. The monoisotopic (exact) mass is 610 g/mol. The Morgan fingerprint density at radius 1 is 0.884 bits per heavy atom. The number of benzene rings is 4. The molecule has 5 aromatic rings. The van der Waals surface area contributed by atoms with Gasteiger partial charge in [0.25, 0.3) is 10.0 Å². The number of hydrogen-bond donors (Lipinski definition) is 1. The molecule has 1 aromatic heterocycles. The second kappa shape index (κ2) is 11.7. The fourth-order valence-electron chi connectivity index (χ4n) is 5.01. The second-order valence-corrected chi connectivity index (χ2v) is 13.5. The Morgan fingerprint density at radius 2 is 1.53 bits per heavy atom. The van der Waals surface area contributed by atoms with Crippen LogP contribution in [0, 0.1) is 12.7 Å². The van der Waals surface area contributed by atoms with Crippen LogP contribution in [0.25, 0.3) is 11.3 Å². The molecule has 0 spiro atoms. The Labute approximate surface area is 255 Å². The summed E-state index contributed by atoms with van der Waals surface area (Å²) < 4.78 is 41.9. The van der Waals surface area contributed by atoms with Crippen LogP contribution in [-0.4, -0.2) is 19.1 Å². The lowest BCUT2D eigenvalue weighted by atomic mass is 9.95. The van der Waals surface area contributed by atoms with Gasteiger partial charge >= 0.3 is 0 Å². The van der Waals surface area contributed by atoms with E-state index < -0.39 is 10.0 Å². The average molecular weight is 611 g/mol. The third-order valence-corrected chi connectivity index (χ3v) is 9.76. The Balaban J connectivity index is 1.26. The van der Waals surface area contributed by atoms with Crippen LogP contribution in [0.5, 0.6) is 0 Å². The van der Waals surface area contributed by atoms with Crippen LogP contribution in [0.2, 0.25) is 0 Å². The molecule has 0 bridgehead atoms. The van der Waals surface area contributed by atoms with Gasteiger partial charge in [0.15, 0.2) is 0 Å². The first kappa shape index (κ1) is 28.8. The summed E-state index contributed by atoms with van der Waals surface area (Å²) in [6.07, 6.45) is 0.664. The Kier molecular flexibility index (Phi) is 7.85. The molecule has 1 aliphatic rings. The minimum Gasteiger partial charge on any atom is -0.280 e. The van der Waals surface area contributed by atoms with Crippen LogP contribution in [0.3, 0.4) is 0 Å². The molecule has 2 heterocycles. The van der Waals surface area contributed by atoms with Crippen LogP contribution in [-0.2, 0) is 10.0 Å². The molecule has 43 heavy (non-hydrogen) atoms. The molecular weight excluding hydrogens is 580 g/mol. The second-order valence-electron chi connectivity index (χ2n) is 11.0. The zero-order valence-electron chi connectivity index (χ0n) is 24.0. The van der Waals surface area contributed by atoms with E-state index in [9.17, 15) is 12.8 Å². The van der Waals surface area contributed by atoms with Gasteiger partial charge in [-0.3, -0.25) is 4.72 Å². The predicted molar refractivity (Wildman–Crippen MR) is 173 cm³/mol. The van der Waals surface area contributed by atoms with Crippen molar-refractivity contribution < 1.29 is 12.8 Å². The topological polar surface area (TPSA) is 74.7 Å². The number of aromatic nitrogens is 1. The maximum absolute atomic E-state index is 13.6. The first-order chi connectivity index (χ1) is 20.7. The largest absolute Gasteiger partial charge is 0.280 e. The maximum atomic E-state index is 13.6. The lowest BCUT2D eigenvalue weighted by Gasteiger charge is -2.21. The molecule has 218 valence electrons. The third-order valence-electron chi connectivity index (χ3n) is 7.53. The summed E-state index contributed by atoms with van der Waals surface area (Å²) in [6, 6.07) is 28.9. The van der Waals surface area contributed by atoms with Crippen molar-refractivity contribution in [1.29, 1.82) is 0 Å². The zero-order chi connectivity index (χ0) is 30.1. The van der Waals surface area contributed by atoms with Crippen molar-refractivity contribution in [2.45, 2.75) is 44.0 Å². The molecule has 1 aliphatic heterocycles. The van der Waals surface area contributed by atoms with E-state index in [2.05, 4.69) is 42.8 Å². The van der Waals surface area contributed by atoms with Crippen molar-refractivity contribution in [1.82, 2.24) is 4.98 Å². The highest BCUT2D eigenvalue weighted by Crippen LogP contribution is 2.40. The molecule has 9 heteroatoms. The molecule has 1 N–H and O–H groups in total. The number of halogens is 1. The summed E-state index contributed by atoms with van der Waals surface area (Å²) in [5.74, 6) is 0.157. The molecule has 0 fully saturated rings. The third kappa shape index (κ3) is 6.23. The number of hydrogen-bond acceptors (Lipinski definition) is 6. The van der Waals surface area contributed by atoms with E-state index >= 15 is 0 Å². The quantitative estimate of drug-likeness (QED) is 0.191. The van der Waals surface area contributed by atoms with Gasteiger partial charge in [0, 0.05) is 23.1 Å². The van der Waals surface area contributed by atoms with E-state index in [1.165, 1.54) is 29.0 Å². The number of rotatable bonds is 8. The number of aryl methyl sites for hydroxylation is 1. The summed E-state index contributed by atoms with van der Waals surface area (Å²) in [6.45, 7) is 6.27. The van der Waals surface area contributed by atoms with Gasteiger partial charge < -0.3 is 0 Å². The lowest BCUT2D eigenvalue weighted by Crippen LogP contribution is -2.18. The molecule has 4 aromatic carbocycles. The SMILES string of the molecule is Cc1ccc(S(=O)(=O)Nc2ccc(-c3csc(N4N=C(c5ccc(F)cc5)CC4c4ccc(C(C)C)cc4)n3)cc2)cc1. The van der Waals surface area contributed by atoms with Crippen LogP contribution < -0.4 is 9.73 Å². The molecule has 1 unspecified atom stereocenters. The number of hydrazone groups is 1. The number of thiazole rings is 1. The number of sulfonamides is 1. The van der Waals surface area contributed by atoms with Crippen LogP contribution >= 0.6 is 11.3 Å². The summed E-state index contributed by atoms with van der Waals surface area (Å²) in [4.78, 5) is 5.14. The highest BCUT2D eigenvalue weighted by atomic mass is 32.2. The molecule has 6 rings (SSSR count). The fraction of sp³-hybridized carbons (Fsp3) is 0.176. The maximum Gasteiger partial charge on any atom is 0.261 e. The van der Waals surface area contributed by atoms with Crippen molar-refractivity contribution in [2.24, 2.45) is 5.10 Å². The Morgan fingerprint density at radius 3 is 2.19 bits per heavy atom. The minimum atomic E-state index is -3.69. The van der Waals surface area contributed by atoms with Crippen molar-refractivity contribution >= 4 is 37.9 Å². The van der Waals surface area contributed by atoms with Gasteiger partial charge in [-0.1, -0.05) is 80.1 Å². The van der Waals surface area contributed by atoms with Crippen LogP contribution in [0.4, 0.5) is 15.2 Å². The predicted octanol–water partition coefficient (Wildman–Crippen LogP) is 8.54. The normalized spacial score (nSPS) is 15.1. The highest BCUT2D eigenvalue weighted by molar-refractivity contribution is 7.92. The molecule has 1 atom stereocenters. The number of nitrogens with one attached hydrogen (secondary N) is 1. The summed E-state index contributed by atoms with van der Waals surface area (Å²) in [5.41, 5.74) is 7.26. The molecule has 0 aliphatic carbocycles. The summed E-state index contributed by atoms with van der Waals surface area (Å²) in [7, 11) is -3.69. The molecule has 0 radical (unpaired) electrons. The standard InChI is InChI=1S/C34H31FN4O2S2/c1-22(2)24-6-8-27(9-7-24)33-20-31(25-10-14-28(35)15-11-25)37-39(33)34-36-32(21-42-34)26-12-16-29(17-13-26)38-43(40,41)30-18-4-23(3)5-19-30/h4-19,21-22,33,38H,20H2,1-3H3. The first-order valence-electron chi connectivity index (χ1n) is 14.0. The lowest BCUT2D eigenvalue weighted by molar-refractivity contribution is 0.601. The van der Waals surface area contributed by atoms with E-state index in [0.29, 0.717) is 18.0 Å². The van der Waals surface area contributed by atoms with E-state index in [4.69, 9.17) is 10.1 Å². The van der Waals surface area contributed by atoms with Gasteiger partial charge in [-0.15, -0.1) is 11.3 Å². The Hall–Kier alpha value is -4.34. The zero-order valence-corrected chi connectivity index (χ0v) is 25.7. The average Bonchev–Trinajstić information content (AvgIpc) is 3.66. The van der Waals surface area contributed by atoms with Crippen LogP contribution in [0.15, 0.2) is 112 Å². The minimum absolute atomic E-state index is 0.0566. The molecule has 0 amide bonds. The molecule has 6 nitrogen and oxygen atoms in total. The smallest absolute Gasteiger partial charge is 0.261 e. The summed E-state index contributed by atoms with van der Waals surface area (Å²) in [5, 5.41) is 9.65. The van der Waals surface area contributed by atoms with Crippen LogP contribution in [0.1, 0.15) is 54.5 Å². The van der Waals surface area contributed by atoms with Crippen molar-refractivity contribution in [3.63, 3.8) is 0 Å². The van der Waals surface area contributed by atoms with Gasteiger partial charge in [-0.25, -0.2) is 22.8 Å². The fourth-order valence-corrected chi connectivity index (χ4v) is 6.90. The van der Waals surface area contributed by atoms with E-state index in [1.54, 1.807) is 48.5 Å². The van der Waals surface area contributed by atoms with E-state index in [1.807, 2.05) is 29.4 Å². The van der Waals surface area contributed by atoms with E-state index in [0.717, 1.165) is 38.8 Å². The molecule has 0 saturated carbocycles. The van der Waals surface area contributed by atoms with Gasteiger partial charge in [0.1, 0.15) is 5.82 Å².